The Morgan fingerprint density at radius 2 is 2.05 bits per heavy atom. The molecule has 1 rings (SSSR count). The number of carbonyl (C=O) groups excluding carboxylic acids is 1. The van der Waals surface area contributed by atoms with Gasteiger partial charge in [-0.2, -0.15) is 0 Å². The topological polar surface area (TPSA) is 64.3 Å². The minimum Gasteiger partial charge on any atom is -0.373 e. The van der Waals surface area contributed by atoms with Gasteiger partial charge in [0.25, 0.3) is 0 Å². The number of carbonyl (C=O) groups is 1. The van der Waals surface area contributed by atoms with E-state index in [0.717, 1.165) is 24.7 Å². The Balaban J connectivity index is 2.35. The van der Waals surface area contributed by atoms with Crippen LogP contribution in [-0.2, 0) is 9.53 Å². The van der Waals surface area contributed by atoms with Crippen LogP contribution < -0.4 is 11.1 Å². The number of hydrogen-bond donors (Lipinski definition) is 2. The quantitative estimate of drug-likeness (QED) is 0.744. The van der Waals surface area contributed by atoms with Gasteiger partial charge in [-0.3, -0.25) is 4.79 Å². The van der Waals surface area contributed by atoms with Crippen molar-refractivity contribution in [2.45, 2.75) is 58.5 Å². The highest BCUT2D eigenvalue weighted by molar-refractivity contribution is 5.75. The highest BCUT2D eigenvalue weighted by Gasteiger charge is 2.35. The molecule has 0 aromatic rings. The number of ether oxygens (including phenoxy) is 1. The normalized spacial score (nSPS) is 27.5. The van der Waals surface area contributed by atoms with E-state index in [1.807, 2.05) is 6.92 Å². The van der Waals surface area contributed by atoms with Crippen molar-refractivity contribution in [1.29, 1.82) is 0 Å². The van der Waals surface area contributed by atoms with Crippen molar-refractivity contribution in [3.05, 3.63) is 0 Å². The fourth-order valence-electron chi connectivity index (χ4n) is 2.89. The zero-order valence-electron chi connectivity index (χ0n) is 12.7. The standard InChI is InChI=1S/C15H30N2O2/c1-4-17-14(18)7-10-19-15(11-16)8-5-13(6-9-15)12(2)3/h12-13H,4-11,16H2,1-3H3,(H,17,18). The van der Waals surface area contributed by atoms with E-state index in [1.165, 1.54) is 12.8 Å². The Labute approximate surface area is 117 Å². The number of rotatable bonds is 7. The molecule has 0 spiro atoms. The third-order valence-corrected chi connectivity index (χ3v) is 4.37. The van der Waals surface area contributed by atoms with Crippen LogP contribution in [0.5, 0.6) is 0 Å². The summed E-state index contributed by atoms with van der Waals surface area (Å²) in [6, 6.07) is 0. The molecule has 1 saturated carbocycles. The Hall–Kier alpha value is -0.610. The number of hydrogen-bond acceptors (Lipinski definition) is 3. The summed E-state index contributed by atoms with van der Waals surface area (Å²) >= 11 is 0. The lowest BCUT2D eigenvalue weighted by Gasteiger charge is -2.40. The van der Waals surface area contributed by atoms with E-state index < -0.39 is 0 Å². The van der Waals surface area contributed by atoms with Gasteiger partial charge in [0.15, 0.2) is 0 Å². The molecule has 0 atom stereocenters. The molecule has 4 nitrogen and oxygen atoms in total. The second-order valence-electron chi connectivity index (χ2n) is 6.02. The zero-order valence-corrected chi connectivity index (χ0v) is 12.7. The Bertz CT molecular complexity index is 271. The molecule has 0 saturated heterocycles. The van der Waals surface area contributed by atoms with Gasteiger partial charge in [0.1, 0.15) is 0 Å². The molecule has 1 aliphatic rings. The van der Waals surface area contributed by atoms with Crippen LogP contribution in [-0.4, -0.2) is 31.2 Å². The fraction of sp³-hybridized carbons (Fsp3) is 0.933. The second-order valence-corrected chi connectivity index (χ2v) is 6.02. The summed E-state index contributed by atoms with van der Waals surface area (Å²) in [5.74, 6) is 1.60. The van der Waals surface area contributed by atoms with Gasteiger partial charge >= 0.3 is 0 Å². The van der Waals surface area contributed by atoms with Crippen molar-refractivity contribution >= 4 is 5.91 Å². The molecule has 0 bridgehead atoms. The summed E-state index contributed by atoms with van der Waals surface area (Å²) in [5, 5.41) is 2.79. The van der Waals surface area contributed by atoms with Gasteiger partial charge in [-0.1, -0.05) is 13.8 Å². The molecule has 0 unspecified atom stereocenters. The van der Waals surface area contributed by atoms with Gasteiger partial charge < -0.3 is 15.8 Å². The van der Waals surface area contributed by atoms with Gasteiger partial charge in [-0.05, 0) is 44.4 Å². The third-order valence-electron chi connectivity index (χ3n) is 4.37. The first-order valence-corrected chi connectivity index (χ1v) is 7.63. The number of nitrogens with two attached hydrogens (primary N) is 1. The van der Waals surface area contributed by atoms with Crippen LogP contribution in [0.1, 0.15) is 52.9 Å². The lowest BCUT2D eigenvalue weighted by molar-refractivity contribution is -0.125. The Morgan fingerprint density at radius 1 is 1.42 bits per heavy atom. The number of nitrogens with one attached hydrogen (secondary N) is 1. The summed E-state index contributed by atoms with van der Waals surface area (Å²) in [4.78, 5) is 11.4. The first-order valence-electron chi connectivity index (χ1n) is 7.63. The van der Waals surface area contributed by atoms with Crippen LogP contribution in [0.2, 0.25) is 0 Å². The van der Waals surface area contributed by atoms with Crippen molar-refractivity contribution < 1.29 is 9.53 Å². The fourth-order valence-corrected chi connectivity index (χ4v) is 2.89. The van der Waals surface area contributed by atoms with Crippen LogP contribution >= 0.6 is 0 Å². The van der Waals surface area contributed by atoms with Gasteiger partial charge in [-0.15, -0.1) is 0 Å². The van der Waals surface area contributed by atoms with Crippen LogP contribution in [0, 0.1) is 11.8 Å². The monoisotopic (exact) mass is 270 g/mol. The smallest absolute Gasteiger partial charge is 0.222 e. The van der Waals surface area contributed by atoms with E-state index in [-0.39, 0.29) is 11.5 Å². The average Bonchev–Trinajstić information content (AvgIpc) is 2.39. The third kappa shape index (κ3) is 5.11. The predicted molar refractivity (Wildman–Crippen MR) is 77.8 cm³/mol. The van der Waals surface area contributed by atoms with Crippen molar-refractivity contribution in [3.63, 3.8) is 0 Å². The van der Waals surface area contributed by atoms with E-state index in [2.05, 4.69) is 19.2 Å². The summed E-state index contributed by atoms with van der Waals surface area (Å²) in [6.07, 6.45) is 4.87. The molecule has 3 N–H and O–H groups in total. The number of amides is 1. The van der Waals surface area contributed by atoms with Gasteiger partial charge in [0, 0.05) is 19.5 Å². The zero-order chi connectivity index (χ0) is 14.3. The Kier molecular flexibility index (Phi) is 6.80. The highest BCUT2D eigenvalue weighted by Crippen LogP contribution is 2.37. The molecular formula is C15H30N2O2. The summed E-state index contributed by atoms with van der Waals surface area (Å²) < 4.78 is 5.98. The summed E-state index contributed by atoms with van der Waals surface area (Å²) in [7, 11) is 0. The molecule has 0 radical (unpaired) electrons. The van der Waals surface area contributed by atoms with E-state index in [0.29, 0.717) is 26.1 Å². The maximum Gasteiger partial charge on any atom is 0.222 e. The summed E-state index contributed by atoms with van der Waals surface area (Å²) in [6.45, 7) is 8.22. The first-order chi connectivity index (χ1) is 9.03. The molecule has 0 heterocycles. The SMILES string of the molecule is CCNC(=O)CCOC1(CN)CCC(C(C)C)CC1. The van der Waals surface area contributed by atoms with Crippen LogP contribution in [0.3, 0.4) is 0 Å². The van der Waals surface area contributed by atoms with Crippen molar-refractivity contribution in [3.8, 4) is 0 Å². The molecule has 1 amide bonds. The molecular weight excluding hydrogens is 240 g/mol. The molecule has 112 valence electrons. The van der Waals surface area contributed by atoms with Crippen LogP contribution in [0.25, 0.3) is 0 Å². The Morgan fingerprint density at radius 3 is 2.53 bits per heavy atom. The molecule has 0 aromatic heterocycles. The van der Waals surface area contributed by atoms with Gasteiger partial charge in [0.05, 0.1) is 12.2 Å². The van der Waals surface area contributed by atoms with Gasteiger partial charge in [0.2, 0.25) is 5.91 Å². The molecule has 1 aliphatic carbocycles. The lowest BCUT2D eigenvalue weighted by Crippen LogP contribution is -2.45. The van der Waals surface area contributed by atoms with Crippen LogP contribution in [0.4, 0.5) is 0 Å². The van der Waals surface area contributed by atoms with Crippen molar-refractivity contribution in [2.24, 2.45) is 17.6 Å². The lowest BCUT2D eigenvalue weighted by atomic mass is 9.74. The van der Waals surface area contributed by atoms with E-state index in [9.17, 15) is 4.79 Å². The molecule has 19 heavy (non-hydrogen) atoms. The van der Waals surface area contributed by atoms with Crippen molar-refractivity contribution in [1.82, 2.24) is 5.32 Å². The van der Waals surface area contributed by atoms with E-state index in [1.54, 1.807) is 0 Å². The van der Waals surface area contributed by atoms with E-state index in [4.69, 9.17) is 10.5 Å². The first kappa shape index (κ1) is 16.4. The summed E-state index contributed by atoms with van der Waals surface area (Å²) in [5.41, 5.74) is 5.73. The van der Waals surface area contributed by atoms with Crippen molar-refractivity contribution in [2.75, 3.05) is 19.7 Å². The predicted octanol–water partition coefficient (Wildman–Crippen LogP) is 2.07. The molecule has 1 fully saturated rings. The molecule has 0 aliphatic heterocycles. The average molecular weight is 270 g/mol. The van der Waals surface area contributed by atoms with Crippen LogP contribution in [0.15, 0.2) is 0 Å². The minimum absolute atomic E-state index is 0.0607. The second kappa shape index (κ2) is 7.85. The molecule has 4 heteroatoms. The maximum absolute atomic E-state index is 11.4. The van der Waals surface area contributed by atoms with E-state index >= 15 is 0 Å². The highest BCUT2D eigenvalue weighted by atomic mass is 16.5. The van der Waals surface area contributed by atoms with Gasteiger partial charge in [-0.25, -0.2) is 0 Å². The molecule has 0 aromatic carbocycles. The minimum atomic E-state index is -0.183. The largest absolute Gasteiger partial charge is 0.373 e. The maximum atomic E-state index is 11.4.